The molecule has 0 aromatic carbocycles. The van der Waals surface area contributed by atoms with Crippen LogP contribution in [0.4, 0.5) is 0 Å². The third kappa shape index (κ3) is 6.97. The fraction of sp³-hybridized carbons (Fsp3) is 0.895. The third-order valence-electron chi connectivity index (χ3n) is 4.65. The van der Waals surface area contributed by atoms with Gasteiger partial charge in [-0.1, -0.05) is 59.0 Å². The monoisotopic (exact) mass is 294 g/mol. The lowest BCUT2D eigenvalue weighted by Crippen LogP contribution is -2.04. The van der Waals surface area contributed by atoms with Gasteiger partial charge < -0.3 is 9.47 Å². The number of unbranched alkanes of at least 4 members (excludes halogenated alkanes) is 4. The first-order chi connectivity index (χ1) is 9.99. The molecule has 0 aromatic rings. The molecule has 0 saturated carbocycles. The molecule has 21 heavy (non-hydrogen) atoms. The van der Waals surface area contributed by atoms with Gasteiger partial charge in [-0.2, -0.15) is 0 Å². The smallest absolute Gasteiger partial charge is 0.0877 e. The minimum absolute atomic E-state index is 0.440. The Kier molecular flexibility index (Phi) is 6.31. The second kappa shape index (κ2) is 7.78. The zero-order valence-electron chi connectivity index (χ0n) is 14.3. The standard InChI is InChI=1S/C19H34O2/c1-5-11-15-17(20-15)14-18-16(21-18)12-9-7-6-8-10-13-19(2,3)4/h5,15-18H,1,6-14H2,2-4H3. The van der Waals surface area contributed by atoms with Gasteiger partial charge in [0, 0.05) is 6.42 Å². The van der Waals surface area contributed by atoms with Gasteiger partial charge in [0.25, 0.3) is 0 Å². The average molecular weight is 294 g/mol. The van der Waals surface area contributed by atoms with Crippen molar-refractivity contribution in [3.05, 3.63) is 12.7 Å². The van der Waals surface area contributed by atoms with E-state index in [1.807, 2.05) is 6.08 Å². The molecule has 2 heteroatoms. The highest BCUT2D eigenvalue weighted by atomic mass is 16.6. The number of hydrogen-bond acceptors (Lipinski definition) is 2. The molecule has 0 bridgehead atoms. The zero-order chi connectivity index (χ0) is 15.3. The number of rotatable bonds is 11. The molecule has 4 unspecified atom stereocenters. The first-order valence-electron chi connectivity index (χ1n) is 8.91. The summed E-state index contributed by atoms with van der Waals surface area (Å²) in [5.41, 5.74) is 0.503. The molecular weight excluding hydrogens is 260 g/mol. The van der Waals surface area contributed by atoms with E-state index >= 15 is 0 Å². The Hall–Kier alpha value is -0.340. The number of ether oxygens (including phenoxy) is 2. The second-order valence-corrected chi connectivity index (χ2v) is 8.05. The summed E-state index contributed by atoms with van der Waals surface area (Å²) in [6, 6.07) is 0. The highest BCUT2D eigenvalue weighted by Crippen LogP contribution is 2.38. The Labute approximate surface area is 131 Å². The van der Waals surface area contributed by atoms with Gasteiger partial charge in [0.05, 0.1) is 24.4 Å². The van der Waals surface area contributed by atoms with Crippen molar-refractivity contribution in [2.24, 2.45) is 5.41 Å². The van der Waals surface area contributed by atoms with E-state index < -0.39 is 0 Å². The number of epoxide rings is 2. The summed E-state index contributed by atoms with van der Waals surface area (Å²) in [7, 11) is 0. The van der Waals surface area contributed by atoms with E-state index in [-0.39, 0.29) is 0 Å². The van der Waals surface area contributed by atoms with E-state index in [4.69, 9.17) is 9.47 Å². The molecule has 0 aliphatic carbocycles. The van der Waals surface area contributed by atoms with Crippen LogP contribution in [0.15, 0.2) is 12.7 Å². The summed E-state index contributed by atoms with van der Waals surface area (Å²) in [6.07, 6.45) is 15.5. The number of hydrogen-bond donors (Lipinski definition) is 0. The SMILES string of the molecule is C=CCC1OC1CC1OC1CCCCCCCC(C)(C)C. The van der Waals surface area contributed by atoms with Crippen LogP contribution in [-0.4, -0.2) is 24.4 Å². The first-order valence-corrected chi connectivity index (χ1v) is 8.91. The van der Waals surface area contributed by atoms with Crippen molar-refractivity contribution in [1.82, 2.24) is 0 Å². The molecule has 2 nitrogen and oxygen atoms in total. The van der Waals surface area contributed by atoms with Gasteiger partial charge in [0.1, 0.15) is 0 Å². The van der Waals surface area contributed by atoms with Crippen molar-refractivity contribution < 1.29 is 9.47 Å². The van der Waals surface area contributed by atoms with Gasteiger partial charge in [-0.3, -0.25) is 0 Å². The second-order valence-electron chi connectivity index (χ2n) is 8.05. The Bertz CT molecular complexity index is 318. The lowest BCUT2D eigenvalue weighted by atomic mass is 9.89. The summed E-state index contributed by atoms with van der Waals surface area (Å²) >= 11 is 0. The fourth-order valence-electron chi connectivity index (χ4n) is 3.16. The lowest BCUT2D eigenvalue weighted by molar-refractivity contribution is 0.320. The Morgan fingerprint density at radius 2 is 1.48 bits per heavy atom. The van der Waals surface area contributed by atoms with Crippen LogP contribution in [0.1, 0.15) is 78.6 Å². The fourth-order valence-corrected chi connectivity index (χ4v) is 3.16. The maximum atomic E-state index is 5.76. The summed E-state index contributed by atoms with van der Waals surface area (Å²) < 4.78 is 11.4. The van der Waals surface area contributed by atoms with Crippen LogP contribution in [0.3, 0.4) is 0 Å². The molecule has 2 heterocycles. The summed E-state index contributed by atoms with van der Waals surface area (Å²) in [6.45, 7) is 10.8. The maximum absolute atomic E-state index is 5.76. The molecule has 0 aromatic heterocycles. The third-order valence-corrected chi connectivity index (χ3v) is 4.65. The van der Waals surface area contributed by atoms with E-state index in [9.17, 15) is 0 Å². The minimum Gasteiger partial charge on any atom is -0.369 e. The molecular formula is C19H34O2. The van der Waals surface area contributed by atoms with Crippen molar-refractivity contribution >= 4 is 0 Å². The highest BCUT2D eigenvalue weighted by molar-refractivity contribution is 4.96. The summed E-state index contributed by atoms with van der Waals surface area (Å²) in [5, 5.41) is 0. The van der Waals surface area contributed by atoms with Gasteiger partial charge in [0.2, 0.25) is 0 Å². The van der Waals surface area contributed by atoms with Gasteiger partial charge in [-0.05, 0) is 24.7 Å². The quantitative estimate of drug-likeness (QED) is 0.295. The molecule has 2 rings (SSSR count). The van der Waals surface area contributed by atoms with Gasteiger partial charge in [-0.25, -0.2) is 0 Å². The van der Waals surface area contributed by atoms with E-state index in [1.165, 1.54) is 44.9 Å². The van der Waals surface area contributed by atoms with Crippen LogP contribution in [0.5, 0.6) is 0 Å². The first kappa shape index (κ1) is 17.0. The van der Waals surface area contributed by atoms with Crippen molar-refractivity contribution in [3.8, 4) is 0 Å². The largest absolute Gasteiger partial charge is 0.369 e. The topological polar surface area (TPSA) is 25.1 Å². The highest BCUT2D eigenvalue weighted by Gasteiger charge is 2.47. The Balaban J connectivity index is 1.37. The van der Waals surface area contributed by atoms with Crippen LogP contribution in [0.2, 0.25) is 0 Å². The minimum atomic E-state index is 0.440. The Morgan fingerprint density at radius 3 is 2.19 bits per heavy atom. The van der Waals surface area contributed by atoms with Crippen LogP contribution in [-0.2, 0) is 9.47 Å². The van der Waals surface area contributed by atoms with Crippen LogP contribution < -0.4 is 0 Å². The van der Waals surface area contributed by atoms with Gasteiger partial charge in [0.15, 0.2) is 0 Å². The van der Waals surface area contributed by atoms with Crippen molar-refractivity contribution in [2.75, 3.05) is 0 Å². The Morgan fingerprint density at radius 1 is 0.857 bits per heavy atom. The molecule has 4 atom stereocenters. The zero-order valence-corrected chi connectivity index (χ0v) is 14.3. The predicted octanol–water partition coefficient (Wildman–Crippen LogP) is 5.26. The molecule has 0 spiro atoms. The molecule has 0 amide bonds. The lowest BCUT2D eigenvalue weighted by Gasteiger charge is -2.17. The molecule has 2 saturated heterocycles. The average Bonchev–Trinajstić information content (AvgIpc) is 3.28. The van der Waals surface area contributed by atoms with Gasteiger partial charge in [-0.15, -0.1) is 6.58 Å². The van der Waals surface area contributed by atoms with Crippen molar-refractivity contribution in [3.63, 3.8) is 0 Å². The van der Waals surface area contributed by atoms with Crippen molar-refractivity contribution in [2.45, 2.75) is 103 Å². The van der Waals surface area contributed by atoms with Gasteiger partial charge >= 0.3 is 0 Å². The van der Waals surface area contributed by atoms with Crippen LogP contribution in [0, 0.1) is 5.41 Å². The van der Waals surface area contributed by atoms with Crippen LogP contribution in [0.25, 0.3) is 0 Å². The molecule has 0 N–H and O–H groups in total. The maximum Gasteiger partial charge on any atom is 0.0877 e. The molecule has 2 fully saturated rings. The van der Waals surface area contributed by atoms with E-state index in [0.717, 1.165) is 12.8 Å². The molecule has 2 aliphatic rings. The predicted molar refractivity (Wildman–Crippen MR) is 88.5 cm³/mol. The normalized spacial score (nSPS) is 31.2. The van der Waals surface area contributed by atoms with E-state index in [0.29, 0.717) is 29.8 Å². The van der Waals surface area contributed by atoms with Crippen molar-refractivity contribution in [1.29, 1.82) is 0 Å². The molecule has 0 radical (unpaired) electrons. The summed E-state index contributed by atoms with van der Waals surface area (Å²) in [4.78, 5) is 0. The van der Waals surface area contributed by atoms with E-state index in [2.05, 4.69) is 27.4 Å². The molecule has 2 aliphatic heterocycles. The van der Waals surface area contributed by atoms with E-state index in [1.54, 1.807) is 0 Å². The molecule has 122 valence electrons. The summed E-state index contributed by atoms with van der Waals surface area (Å²) in [5.74, 6) is 0. The van der Waals surface area contributed by atoms with Crippen LogP contribution >= 0.6 is 0 Å².